The number of nitrogens with zero attached hydrogens (tertiary/aromatic N) is 1. The van der Waals surface area contributed by atoms with Crippen molar-refractivity contribution >= 4 is 40.4 Å². The molecule has 0 aliphatic carbocycles. The Morgan fingerprint density at radius 1 is 1.06 bits per heavy atom. The topological polar surface area (TPSA) is 78.5 Å². The third-order valence-electron chi connectivity index (χ3n) is 6.24. The van der Waals surface area contributed by atoms with Crippen molar-refractivity contribution in [3.63, 3.8) is 0 Å². The van der Waals surface area contributed by atoms with E-state index in [-0.39, 0.29) is 29.8 Å². The lowest BCUT2D eigenvalue weighted by Gasteiger charge is -2.40. The van der Waals surface area contributed by atoms with Crippen LogP contribution in [0.1, 0.15) is 59.1 Å². The van der Waals surface area contributed by atoms with Gasteiger partial charge in [0.1, 0.15) is 0 Å². The number of hydrogen-bond acceptors (Lipinski definition) is 4. The van der Waals surface area contributed by atoms with Crippen molar-refractivity contribution in [3.05, 3.63) is 81.5 Å². The first-order valence-corrected chi connectivity index (χ1v) is 12.8. The average molecular weight is 490 g/mol. The maximum Gasteiger partial charge on any atom is 0.251 e. The van der Waals surface area contributed by atoms with Gasteiger partial charge in [0.2, 0.25) is 11.8 Å². The second-order valence-corrected chi connectivity index (χ2v) is 10.3. The van der Waals surface area contributed by atoms with Crippen molar-refractivity contribution in [1.29, 1.82) is 0 Å². The quantitative estimate of drug-likeness (QED) is 0.471. The molecule has 1 aliphatic heterocycles. The van der Waals surface area contributed by atoms with Crippen molar-refractivity contribution in [2.24, 2.45) is 5.92 Å². The number of hydrogen-bond donors (Lipinski definition) is 2. The fourth-order valence-electron chi connectivity index (χ4n) is 4.53. The van der Waals surface area contributed by atoms with Crippen LogP contribution >= 0.6 is 11.3 Å². The number of benzene rings is 2. The van der Waals surface area contributed by atoms with Crippen LogP contribution in [0.5, 0.6) is 0 Å². The van der Waals surface area contributed by atoms with E-state index >= 15 is 0 Å². The van der Waals surface area contributed by atoms with Crippen LogP contribution in [0.3, 0.4) is 0 Å². The van der Waals surface area contributed by atoms with Crippen LogP contribution in [0.4, 0.5) is 11.4 Å². The summed E-state index contributed by atoms with van der Waals surface area (Å²) >= 11 is 1.55. The van der Waals surface area contributed by atoms with Gasteiger partial charge in [0.25, 0.3) is 5.91 Å². The summed E-state index contributed by atoms with van der Waals surface area (Å²) in [5.41, 5.74) is 3.92. The zero-order chi connectivity index (χ0) is 25.1. The molecule has 1 aliphatic rings. The van der Waals surface area contributed by atoms with Crippen LogP contribution in [0.15, 0.2) is 60.0 Å². The third-order valence-corrected chi connectivity index (χ3v) is 7.18. The van der Waals surface area contributed by atoms with E-state index in [4.69, 9.17) is 0 Å². The van der Waals surface area contributed by atoms with Gasteiger partial charge >= 0.3 is 0 Å². The molecule has 7 heteroatoms. The normalized spacial score (nSPS) is 18.0. The molecule has 0 saturated carbocycles. The molecule has 3 aromatic rings. The lowest BCUT2D eigenvalue weighted by atomic mass is 9.86. The average Bonchev–Trinajstić information content (AvgIpc) is 3.33. The second-order valence-electron chi connectivity index (χ2n) is 9.35. The van der Waals surface area contributed by atoms with Gasteiger partial charge < -0.3 is 15.5 Å². The molecule has 2 heterocycles. The molecule has 2 unspecified atom stereocenters. The van der Waals surface area contributed by atoms with E-state index in [0.717, 1.165) is 21.7 Å². The number of aryl methyl sites for hydroxylation is 2. The molecular formula is C28H31N3O3S. The Labute approximate surface area is 210 Å². The fourth-order valence-corrected chi connectivity index (χ4v) is 5.41. The van der Waals surface area contributed by atoms with Gasteiger partial charge in [0, 0.05) is 34.3 Å². The van der Waals surface area contributed by atoms with Crippen molar-refractivity contribution in [2.75, 3.05) is 10.2 Å². The van der Waals surface area contributed by atoms with Crippen molar-refractivity contribution in [3.8, 4) is 0 Å². The molecule has 1 saturated heterocycles. The Morgan fingerprint density at radius 3 is 2.43 bits per heavy atom. The highest BCUT2D eigenvalue weighted by Crippen LogP contribution is 2.42. The van der Waals surface area contributed by atoms with Gasteiger partial charge in [0.05, 0.1) is 12.0 Å². The number of nitrogens with one attached hydrogen (secondary N) is 2. The molecule has 2 N–H and O–H groups in total. The molecule has 182 valence electrons. The number of piperidine rings is 1. The van der Waals surface area contributed by atoms with Gasteiger partial charge in [0.15, 0.2) is 0 Å². The summed E-state index contributed by atoms with van der Waals surface area (Å²) in [6.07, 6.45) is 0.782. The van der Waals surface area contributed by atoms with E-state index in [9.17, 15) is 14.4 Å². The predicted molar refractivity (Wildman–Crippen MR) is 141 cm³/mol. The van der Waals surface area contributed by atoms with E-state index in [1.807, 2.05) is 75.5 Å². The molecule has 1 fully saturated rings. The van der Waals surface area contributed by atoms with Crippen LogP contribution < -0.4 is 15.5 Å². The molecule has 2 aromatic carbocycles. The fraction of sp³-hybridized carbons (Fsp3) is 0.321. The maximum absolute atomic E-state index is 13.6. The number of carbonyl (C=O) groups excluding carboxylic acids is 3. The monoisotopic (exact) mass is 489 g/mol. The van der Waals surface area contributed by atoms with Crippen LogP contribution in [0.2, 0.25) is 0 Å². The Kier molecular flexibility index (Phi) is 7.36. The summed E-state index contributed by atoms with van der Waals surface area (Å²) < 4.78 is 0. The summed E-state index contributed by atoms with van der Waals surface area (Å²) in [5, 5.41) is 7.92. The highest BCUT2D eigenvalue weighted by atomic mass is 32.1. The summed E-state index contributed by atoms with van der Waals surface area (Å²) in [6, 6.07) is 16.8. The number of carbonyl (C=O) groups is 3. The Hall–Kier alpha value is -3.45. The van der Waals surface area contributed by atoms with Crippen LogP contribution in [0.25, 0.3) is 0 Å². The standard InChI is InChI=1S/C28H31N3O3S/c1-17(2)29-27(33)22-12-9-20(16-19(22)4)30-28(34)23-13-14-25(32)31(21-10-7-18(3)8-11-21)26(23)24-6-5-15-35-24/h5-12,15-17,23,26H,13-14H2,1-4H3,(H,29,33)(H,30,34). The summed E-state index contributed by atoms with van der Waals surface area (Å²) in [5.74, 6) is -0.649. The van der Waals surface area contributed by atoms with E-state index in [0.29, 0.717) is 24.1 Å². The van der Waals surface area contributed by atoms with Crippen LogP contribution in [-0.2, 0) is 9.59 Å². The SMILES string of the molecule is Cc1ccc(N2C(=O)CCC(C(=O)Nc3ccc(C(=O)NC(C)C)c(C)c3)C2c2cccs2)cc1. The zero-order valence-electron chi connectivity index (χ0n) is 20.5. The van der Waals surface area contributed by atoms with Gasteiger partial charge in [-0.15, -0.1) is 11.3 Å². The van der Waals surface area contributed by atoms with E-state index in [2.05, 4.69) is 10.6 Å². The van der Waals surface area contributed by atoms with E-state index in [1.54, 1.807) is 28.4 Å². The first-order valence-electron chi connectivity index (χ1n) is 11.9. The minimum absolute atomic E-state index is 0.0210. The number of thiophene rings is 1. The zero-order valence-corrected chi connectivity index (χ0v) is 21.3. The van der Waals surface area contributed by atoms with Gasteiger partial charge in [-0.1, -0.05) is 23.8 Å². The van der Waals surface area contributed by atoms with Gasteiger partial charge in [-0.3, -0.25) is 14.4 Å². The van der Waals surface area contributed by atoms with Gasteiger partial charge in [-0.05, 0) is 81.5 Å². The number of anilines is 2. The molecule has 0 bridgehead atoms. The van der Waals surface area contributed by atoms with Crippen molar-refractivity contribution in [2.45, 2.75) is 52.6 Å². The molecule has 0 radical (unpaired) electrons. The van der Waals surface area contributed by atoms with E-state index < -0.39 is 5.92 Å². The summed E-state index contributed by atoms with van der Waals surface area (Å²) in [6.45, 7) is 7.70. The van der Waals surface area contributed by atoms with Crippen molar-refractivity contribution in [1.82, 2.24) is 5.32 Å². The minimum Gasteiger partial charge on any atom is -0.350 e. The Balaban J connectivity index is 1.61. The molecule has 1 aromatic heterocycles. The lowest BCUT2D eigenvalue weighted by molar-refractivity contribution is -0.125. The van der Waals surface area contributed by atoms with E-state index in [1.165, 1.54) is 0 Å². The van der Waals surface area contributed by atoms with Gasteiger partial charge in [-0.25, -0.2) is 0 Å². The molecule has 2 atom stereocenters. The van der Waals surface area contributed by atoms with Gasteiger partial charge in [-0.2, -0.15) is 0 Å². The molecule has 0 spiro atoms. The van der Waals surface area contributed by atoms with Crippen LogP contribution in [-0.4, -0.2) is 23.8 Å². The number of amides is 3. The Bertz CT molecular complexity index is 1220. The lowest BCUT2D eigenvalue weighted by Crippen LogP contribution is -2.46. The number of rotatable bonds is 6. The summed E-state index contributed by atoms with van der Waals surface area (Å²) in [7, 11) is 0. The van der Waals surface area contributed by atoms with Crippen molar-refractivity contribution < 1.29 is 14.4 Å². The van der Waals surface area contributed by atoms with Crippen LogP contribution in [0, 0.1) is 19.8 Å². The highest BCUT2D eigenvalue weighted by Gasteiger charge is 2.42. The predicted octanol–water partition coefficient (Wildman–Crippen LogP) is 5.63. The highest BCUT2D eigenvalue weighted by molar-refractivity contribution is 7.10. The largest absolute Gasteiger partial charge is 0.350 e. The molecule has 3 amide bonds. The first-order chi connectivity index (χ1) is 16.7. The molecular weight excluding hydrogens is 458 g/mol. The maximum atomic E-state index is 13.6. The molecule has 6 nitrogen and oxygen atoms in total. The second kappa shape index (κ2) is 10.4. The smallest absolute Gasteiger partial charge is 0.251 e. The Morgan fingerprint density at radius 2 is 1.80 bits per heavy atom. The first kappa shape index (κ1) is 24.7. The summed E-state index contributed by atoms with van der Waals surface area (Å²) in [4.78, 5) is 41.8. The third kappa shape index (κ3) is 5.46. The molecule has 35 heavy (non-hydrogen) atoms. The minimum atomic E-state index is -0.406. The molecule has 4 rings (SSSR count).